The highest BCUT2D eigenvalue weighted by atomic mass is 32.2. The SMILES string of the molecule is C=CCSc1nnc(NC(=O)[C@H]2CC(=O)N(c3cccc(C)c3C)C2)s1. The van der Waals surface area contributed by atoms with Gasteiger partial charge in [0.15, 0.2) is 4.34 Å². The maximum absolute atomic E-state index is 12.5. The summed E-state index contributed by atoms with van der Waals surface area (Å²) in [5.74, 6) is 0.126. The average Bonchev–Trinajstić information content (AvgIpc) is 3.22. The molecule has 26 heavy (non-hydrogen) atoms. The van der Waals surface area contributed by atoms with Gasteiger partial charge in [-0.25, -0.2) is 0 Å². The first-order valence-electron chi connectivity index (χ1n) is 8.24. The standard InChI is InChI=1S/C18H20N4O2S2/c1-4-8-25-18-21-20-17(26-18)19-16(24)13-9-15(23)22(10-13)14-7-5-6-11(2)12(14)3/h4-7,13H,1,8-10H2,2-3H3,(H,19,20,24)/t13-/m0/s1. The first kappa shape index (κ1) is 18.6. The van der Waals surface area contributed by atoms with Crippen molar-refractivity contribution in [1.82, 2.24) is 10.2 Å². The van der Waals surface area contributed by atoms with Crippen molar-refractivity contribution in [2.24, 2.45) is 5.92 Å². The van der Waals surface area contributed by atoms with E-state index in [0.29, 0.717) is 11.7 Å². The molecule has 0 radical (unpaired) electrons. The number of aromatic nitrogens is 2. The van der Waals surface area contributed by atoms with Crippen LogP contribution in [0.3, 0.4) is 0 Å². The summed E-state index contributed by atoms with van der Waals surface area (Å²) < 4.78 is 0.778. The Balaban J connectivity index is 1.66. The molecule has 2 amide bonds. The molecular weight excluding hydrogens is 368 g/mol. The van der Waals surface area contributed by atoms with Crippen LogP contribution in [0.1, 0.15) is 17.5 Å². The summed E-state index contributed by atoms with van der Waals surface area (Å²) in [6, 6.07) is 5.87. The second-order valence-corrected chi connectivity index (χ2v) is 8.33. The lowest BCUT2D eigenvalue weighted by Crippen LogP contribution is -2.28. The lowest BCUT2D eigenvalue weighted by molar-refractivity contribution is -0.122. The van der Waals surface area contributed by atoms with Crippen LogP contribution in [-0.4, -0.2) is 34.3 Å². The van der Waals surface area contributed by atoms with E-state index < -0.39 is 5.92 Å². The van der Waals surface area contributed by atoms with Gasteiger partial charge in [-0.15, -0.1) is 16.8 Å². The van der Waals surface area contributed by atoms with Crippen LogP contribution in [0.25, 0.3) is 0 Å². The van der Waals surface area contributed by atoms with Crippen LogP contribution in [0.4, 0.5) is 10.8 Å². The molecule has 0 bridgehead atoms. The fourth-order valence-electron chi connectivity index (χ4n) is 2.80. The number of carbonyl (C=O) groups is 2. The lowest BCUT2D eigenvalue weighted by Gasteiger charge is -2.20. The summed E-state index contributed by atoms with van der Waals surface area (Å²) in [6.07, 6.45) is 1.99. The van der Waals surface area contributed by atoms with E-state index in [0.717, 1.165) is 26.9 Å². The number of thioether (sulfide) groups is 1. The van der Waals surface area contributed by atoms with Gasteiger partial charge < -0.3 is 10.2 Å². The highest BCUT2D eigenvalue weighted by molar-refractivity contribution is 8.01. The maximum Gasteiger partial charge on any atom is 0.231 e. The van der Waals surface area contributed by atoms with E-state index in [2.05, 4.69) is 22.1 Å². The zero-order valence-corrected chi connectivity index (χ0v) is 16.3. The number of amides is 2. The van der Waals surface area contributed by atoms with Crippen molar-refractivity contribution in [1.29, 1.82) is 0 Å². The second kappa shape index (κ2) is 8.01. The summed E-state index contributed by atoms with van der Waals surface area (Å²) in [7, 11) is 0. The smallest absolute Gasteiger partial charge is 0.231 e. The van der Waals surface area contributed by atoms with Crippen LogP contribution in [0.15, 0.2) is 35.2 Å². The lowest BCUT2D eigenvalue weighted by atomic mass is 10.1. The topological polar surface area (TPSA) is 75.2 Å². The molecule has 0 spiro atoms. The number of nitrogens with zero attached hydrogens (tertiary/aromatic N) is 3. The van der Waals surface area contributed by atoms with Crippen molar-refractivity contribution in [2.75, 3.05) is 22.5 Å². The van der Waals surface area contributed by atoms with E-state index in [9.17, 15) is 9.59 Å². The van der Waals surface area contributed by atoms with Gasteiger partial charge in [0.1, 0.15) is 0 Å². The molecule has 1 N–H and O–H groups in total. The van der Waals surface area contributed by atoms with E-state index in [1.807, 2.05) is 32.0 Å². The van der Waals surface area contributed by atoms with E-state index in [1.54, 1.807) is 11.0 Å². The highest BCUT2D eigenvalue weighted by Crippen LogP contribution is 2.31. The molecule has 0 unspecified atom stereocenters. The summed E-state index contributed by atoms with van der Waals surface area (Å²) in [5.41, 5.74) is 3.07. The molecule has 8 heteroatoms. The summed E-state index contributed by atoms with van der Waals surface area (Å²) in [5, 5.41) is 11.3. The normalized spacial score (nSPS) is 16.8. The Labute approximate surface area is 160 Å². The molecule has 0 aliphatic carbocycles. The Morgan fingerprint density at radius 1 is 1.46 bits per heavy atom. The molecule has 1 atom stereocenters. The number of aryl methyl sites for hydroxylation is 1. The molecule has 1 aliphatic rings. The van der Waals surface area contributed by atoms with Gasteiger partial charge in [0, 0.05) is 24.4 Å². The number of benzene rings is 1. The fourth-order valence-corrected chi connectivity index (χ4v) is 4.32. The van der Waals surface area contributed by atoms with Crippen LogP contribution >= 0.6 is 23.1 Å². The first-order valence-corrected chi connectivity index (χ1v) is 10.0. The van der Waals surface area contributed by atoms with E-state index in [-0.39, 0.29) is 18.2 Å². The quantitative estimate of drug-likeness (QED) is 0.466. The third kappa shape index (κ3) is 3.96. The minimum absolute atomic E-state index is 0.0293. The van der Waals surface area contributed by atoms with Crippen molar-refractivity contribution < 1.29 is 9.59 Å². The molecule has 3 rings (SSSR count). The van der Waals surface area contributed by atoms with Crippen LogP contribution in [-0.2, 0) is 9.59 Å². The number of carbonyl (C=O) groups excluding carboxylic acids is 2. The Morgan fingerprint density at radius 2 is 2.27 bits per heavy atom. The number of nitrogens with one attached hydrogen (secondary N) is 1. The van der Waals surface area contributed by atoms with E-state index in [1.165, 1.54) is 23.1 Å². The number of hydrogen-bond acceptors (Lipinski definition) is 6. The molecule has 2 heterocycles. The Kier molecular flexibility index (Phi) is 5.73. The molecule has 136 valence electrons. The molecule has 1 aromatic heterocycles. The molecule has 2 aromatic rings. The van der Waals surface area contributed by atoms with Gasteiger partial charge in [-0.2, -0.15) is 0 Å². The van der Waals surface area contributed by atoms with Crippen molar-refractivity contribution in [3.05, 3.63) is 42.0 Å². The molecule has 1 aliphatic heterocycles. The average molecular weight is 389 g/mol. The Hall–Kier alpha value is -2.19. The molecular formula is C18H20N4O2S2. The molecule has 6 nitrogen and oxygen atoms in total. The van der Waals surface area contributed by atoms with Gasteiger partial charge in [-0.3, -0.25) is 9.59 Å². The third-order valence-electron chi connectivity index (χ3n) is 4.32. The number of anilines is 2. The molecule has 1 aromatic carbocycles. The molecule has 1 saturated heterocycles. The first-order chi connectivity index (χ1) is 12.5. The van der Waals surface area contributed by atoms with Gasteiger partial charge in [0.05, 0.1) is 5.92 Å². The van der Waals surface area contributed by atoms with Crippen molar-refractivity contribution in [2.45, 2.75) is 24.6 Å². The van der Waals surface area contributed by atoms with Gasteiger partial charge in [0.25, 0.3) is 0 Å². The largest absolute Gasteiger partial charge is 0.311 e. The van der Waals surface area contributed by atoms with E-state index >= 15 is 0 Å². The molecule has 0 saturated carbocycles. The fraction of sp³-hybridized carbons (Fsp3) is 0.333. The third-order valence-corrected chi connectivity index (χ3v) is 6.29. The van der Waals surface area contributed by atoms with Gasteiger partial charge in [-0.1, -0.05) is 41.3 Å². The van der Waals surface area contributed by atoms with Crippen LogP contribution in [0, 0.1) is 19.8 Å². The Bertz CT molecular complexity index is 849. The highest BCUT2D eigenvalue weighted by Gasteiger charge is 2.36. The van der Waals surface area contributed by atoms with Crippen LogP contribution in [0.2, 0.25) is 0 Å². The van der Waals surface area contributed by atoms with E-state index in [4.69, 9.17) is 0 Å². The summed E-state index contributed by atoms with van der Waals surface area (Å²) >= 11 is 2.84. The minimum Gasteiger partial charge on any atom is -0.311 e. The second-order valence-electron chi connectivity index (χ2n) is 6.09. The maximum atomic E-state index is 12.5. The van der Waals surface area contributed by atoms with Crippen LogP contribution < -0.4 is 10.2 Å². The number of hydrogen-bond donors (Lipinski definition) is 1. The van der Waals surface area contributed by atoms with Crippen molar-refractivity contribution >= 4 is 45.7 Å². The minimum atomic E-state index is -0.393. The Morgan fingerprint density at radius 3 is 3.04 bits per heavy atom. The van der Waals surface area contributed by atoms with Crippen LogP contribution in [0.5, 0.6) is 0 Å². The predicted octanol–water partition coefficient (Wildman–Crippen LogP) is 3.42. The van der Waals surface area contributed by atoms with Crippen molar-refractivity contribution in [3.63, 3.8) is 0 Å². The summed E-state index contributed by atoms with van der Waals surface area (Å²) in [4.78, 5) is 26.7. The van der Waals surface area contributed by atoms with Gasteiger partial charge in [-0.05, 0) is 31.0 Å². The predicted molar refractivity (Wildman–Crippen MR) is 106 cm³/mol. The monoisotopic (exact) mass is 388 g/mol. The zero-order chi connectivity index (χ0) is 18.7. The van der Waals surface area contributed by atoms with Crippen molar-refractivity contribution in [3.8, 4) is 0 Å². The van der Waals surface area contributed by atoms with Gasteiger partial charge in [0.2, 0.25) is 16.9 Å². The molecule has 1 fully saturated rings. The van der Waals surface area contributed by atoms with Gasteiger partial charge >= 0.3 is 0 Å². The summed E-state index contributed by atoms with van der Waals surface area (Å²) in [6.45, 7) is 8.05. The zero-order valence-electron chi connectivity index (χ0n) is 14.7. The number of rotatable bonds is 6.